The number of carbonyl (C=O) groups excluding carboxylic acids is 1. The summed E-state index contributed by atoms with van der Waals surface area (Å²) < 4.78 is 11.2. The molecule has 4 rings (SSSR count). The molecule has 2 saturated heterocycles. The van der Waals surface area contributed by atoms with Crippen molar-refractivity contribution in [1.82, 2.24) is 9.80 Å². The number of carbonyl (C=O) groups is 1. The number of ether oxygens (including phenoxy) is 1. The van der Waals surface area contributed by atoms with Crippen LogP contribution in [0.5, 0.6) is 0 Å². The lowest BCUT2D eigenvalue weighted by molar-refractivity contribution is -0.0503. The van der Waals surface area contributed by atoms with Gasteiger partial charge < -0.3 is 14.1 Å². The molecule has 2 atom stereocenters. The van der Waals surface area contributed by atoms with Crippen LogP contribution in [0.1, 0.15) is 21.7 Å². The number of likely N-dealkylation sites (tertiary alicyclic amines) is 1. The molecule has 5 heteroatoms. The second-order valence-electron chi connectivity index (χ2n) is 6.53. The van der Waals surface area contributed by atoms with Gasteiger partial charge in [0.1, 0.15) is 5.76 Å². The molecule has 2 aliphatic heterocycles. The van der Waals surface area contributed by atoms with Crippen molar-refractivity contribution in [1.29, 1.82) is 0 Å². The van der Waals surface area contributed by atoms with Gasteiger partial charge in [0, 0.05) is 26.2 Å². The molecule has 3 heterocycles. The van der Waals surface area contributed by atoms with Gasteiger partial charge in [0.05, 0.1) is 30.6 Å². The molecular formula is C19H22N2O3. The van der Waals surface area contributed by atoms with Crippen molar-refractivity contribution in [3.05, 3.63) is 59.5 Å². The minimum absolute atomic E-state index is 0.0407. The molecule has 2 aromatic rings. The Kier molecular flexibility index (Phi) is 4.12. The number of amides is 1. The third kappa shape index (κ3) is 2.85. The largest absolute Gasteiger partial charge is 0.469 e. The molecule has 0 spiro atoms. The molecule has 126 valence electrons. The molecule has 5 nitrogen and oxygen atoms in total. The Morgan fingerprint density at radius 2 is 2.04 bits per heavy atom. The molecule has 1 amide bonds. The van der Waals surface area contributed by atoms with Crippen LogP contribution >= 0.6 is 0 Å². The Bertz CT molecular complexity index is 712. The predicted octanol–water partition coefficient (Wildman–Crippen LogP) is 2.31. The number of nitrogens with zero attached hydrogens (tertiary/aromatic N) is 2. The van der Waals surface area contributed by atoms with Crippen LogP contribution in [0.4, 0.5) is 0 Å². The normalized spacial score (nSPS) is 24.1. The highest BCUT2D eigenvalue weighted by atomic mass is 16.5. The van der Waals surface area contributed by atoms with Gasteiger partial charge >= 0.3 is 0 Å². The van der Waals surface area contributed by atoms with Gasteiger partial charge in [-0.05, 0) is 18.6 Å². The fraction of sp³-hybridized carbons (Fsp3) is 0.421. The van der Waals surface area contributed by atoms with Crippen LogP contribution in [0.15, 0.2) is 47.1 Å². The summed E-state index contributed by atoms with van der Waals surface area (Å²) in [5.74, 6) is 0.718. The van der Waals surface area contributed by atoms with E-state index < -0.39 is 0 Å². The van der Waals surface area contributed by atoms with E-state index in [4.69, 9.17) is 9.15 Å². The minimum atomic E-state index is 0.0407. The van der Waals surface area contributed by atoms with Gasteiger partial charge in [-0.1, -0.05) is 30.3 Å². The topological polar surface area (TPSA) is 45.9 Å². The van der Waals surface area contributed by atoms with Gasteiger partial charge in [-0.15, -0.1) is 0 Å². The first kappa shape index (κ1) is 15.4. The van der Waals surface area contributed by atoms with E-state index in [1.165, 1.54) is 5.56 Å². The van der Waals surface area contributed by atoms with Gasteiger partial charge in [0.25, 0.3) is 5.91 Å². The molecule has 0 radical (unpaired) electrons. The first-order chi connectivity index (χ1) is 11.7. The molecule has 2 fully saturated rings. The summed E-state index contributed by atoms with van der Waals surface area (Å²) in [7, 11) is 0. The average molecular weight is 326 g/mol. The second kappa shape index (κ2) is 6.42. The van der Waals surface area contributed by atoms with Crippen molar-refractivity contribution in [2.24, 2.45) is 0 Å². The summed E-state index contributed by atoms with van der Waals surface area (Å²) in [6.45, 7) is 5.72. The third-order valence-corrected chi connectivity index (χ3v) is 5.02. The van der Waals surface area contributed by atoms with Gasteiger partial charge in [0.15, 0.2) is 0 Å². The quantitative estimate of drug-likeness (QED) is 0.868. The fourth-order valence-corrected chi connectivity index (χ4v) is 3.72. The lowest BCUT2D eigenvalue weighted by Crippen LogP contribution is -2.50. The first-order valence-corrected chi connectivity index (χ1v) is 8.45. The predicted molar refractivity (Wildman–Crippen MR) is 89.7 cm³/mol. The SMILES string of the molecule is Cc1occc1C(=O)N1C[C@H]2OCCN(Cc3ccccc3)[C@H]2C1. The van der Waals surface area contributed by atoms with Gasteiger partial charge in [-0.25, -0.2) is 0 Å². The van der Waals surface area contributed by atoms with Crippen molar-refractivity contribution >= 4 is 5.91 Å². The van der Waals surface area contributed by atoms with Crippen LogP contribution < -0.4 is 0 Å². The molecular weight excluding hydrogens is 304 g/mol. The average Bonchev–Trinajstić information content (AvgIpc) is 3.22. The molecule has 0 N–H and O–H groups in total. The van der Waals surface area contributed by atoms with Crippen molar-refractivity contribution in [2.45, 2.75) is 25.6 Å². The smallest absolute Gasteiger partial charge is 0.257 e. The van der Waals surface area contributed by atoms with Crippen LogP contribution in [0.3, 0.4) is 0 Å². The number of furan rings is 1. The third-order valence-electron chi connectivity index (χ3n) is 5.02. The summed E-state index contributed by atoms with van der Waals surface area (Å²) >= 11 is 0. The zero-order valence-corrected chi connectivity index (χ0v) is 13.9. The van der Waals surface area contributed by atoms with Crippen LogP contribution in [0.25, 0.3) is 0 Å². The number of aryl methyl sites for hydroxylation is 1. The van der Waals surface area contributed by atoms with E-state index in [1.807, 2.05) is 17.9 Å². The lowest BCUT2D eigenvalue weighted by Gasteiger charge is -2.36. The maximum Gasteiger partial charge on any atom is 0.257 e. The van der Waals surface area contributed by atoms with Gasteiger partial charge in [-0.2, -0.15) is 0 Å². The first-order valence-electron chi connectivity index (χ1n) is 8.45. The summed E-state index contributed by atoms with van der Waals surface area (Å²) in [5, 5.41) is 0. The summed E-state index contributed by atoms with van der Waals surface area (Å²) in [5.41, 5.74) is 1.96. The highest BCUT2D eigenvalue weighted by Gasteiger charge is 2.42. The Balaban J connectivity index is 1.48. The standard InChI is InChI=1S/C19H22N2O3/c1-14-16(7-9-23-14)19(22)21-12-17-18(13-21)24-10-8-20(17)11-15-5-3-2-4-6-15/h2-7,9,17-18H,8,10-13H2,1H3/t17-,18+/m0/s1. The maximum atomic E-state index is 12.7. The molecule has 0 saturated carbocycles. The van der Waals surface area contributed by atoms with Crippen molar-refractivity contribution in [3.63, 3.8) is 0 Å². The molecule has 0 unspecified atom stereocenters. The maximum absolute atomic E-state index is 12.7. The Hall–Kier alpha value is -2.11. The summed E-state index contributed by atoms with van der Waals surface area (Å²) in [4.78, 5) is 17.1. The Morgan fingerprint density at radius 1 is 1.21 bits per heavy atom. The van der Waals surface area contributed by atoms with Crippen LogP contribution in [0, 0.1) is 6.92 Å². The summed E-state index contributed by atoms with van der Waals surface area (Å²) in [6.07, 6.45) is 1.67. The Morgan fingerprint density at radius 3 is 2.79 bits per heavy atom. The molecule has 0 bridgehead atoms. The van der Waals surface area contributed by atoms with Crippen LogP contribution in [0.2, 0.25) is 0 Å². The molecule has 24 heavy (non-hydrogen) atoms. The highest BCUT2D eigenvalue weighted by molar-refractivity contribution is 5.95. The highest BCUT2D eigenvalue weighted by Crippen LogP contribution is 2.26. The molecule has 1 aromatic heterocycles. The number of fused-ring (bicyclic) bond motifs is 1. The second-order valence-corrected chi connectivity index (χ2v) is 6.53. The lowest BCUT2D eigenvalue weighted by atomic mass is 10.1. The molecule has 2 aliphatic rings. The number of hydrogen-bond acceptors (Lipinski definition) is 4. The van der Waals surface area contributed by atoms with E-state index in [0.717, 1.165) is 19.7 Å². The van der Waals surface area contributed by atoms with Crippen LogP contribution in [-0.2, 0) is 11.3 Å². The van der Waals surface area contributed by atoms with Crippen molar-refractivity contribution < 1.29 is 13.9 Å². The number of rotatable bonds is 3. The Labute approximate surface area is 141 Å². The molecule has 0 aliphatic carbocycles. The molecule has 1 aromatic carbocycles. The number of morpholine rings is 1. The van der Waals surface area contributed by atoms with Gasteiger partial charge in [-0.3, -0.25) is 9.69 Å². The number of hydrogen-bond donors (Lipinski definition) is 0. The monoisotopic (exact) mass is 326 g/mol. The fourth-order valence-electron chi connectivity index (χ4n) is 3.72. The zero-order valence-electron chi connectivity index (χ0n) is 13.9. The van der Waals surface area contributed by atoms with E-state index in [2.05, 4.69) is 29.2 Å². The minimum Gasteiger partial charge on any atom is -0.469 e. The van der Waals surface area contributed by atoms with E-state index in [9.17, 15) is 4.79 Å². The van der Waals surface area contributed by atoms with Crippen molar-refractivity contribution in [3.8, 4) is 0 Å². The van der Waals surface area contributed by atoms with E-state index in [0.29, 0.717) is 24.4 Å². The van der Waals surface area contributed by atoms with E-state index >= 15 is 0 Å². The van der Waals surface area contributed by atoms with Gasteiger partial charge in [0.2, 0.25) is 0 Å². The van der Waals surface area contributed by atoms with Crippen molar-refractivity contribution in [2.75, 3.05) is 26.2 Å². The number of benzene rings is 1. The summed E-state index contributed by atoms with van der Waals surface area (Å²) in [6, 6.07) is 12.5. The zero-order chi connectivity index (χ0) is 16.5. The van der Waals surface area contributed by atoms with E-state index in [-0.39, 0.29) is 18.1 Å². The van der Waals surface area contributed by atoms with Crippen LogP contribution in [-0.4, -0.2) is 54.1 Å². The van der Waals surface area contributed by atoms with E-state index in [1.54, 1.807) is 12.3 Å².